The molecule has 78 valence electrons. The fourth-order valence-corrected chi connectivity index (χ4v) is 1.41. The van der Waals surface area contributed by atoms with Crippen LogP contribution in [-0.4, -0.2) is 35.3 Å². The third kappa shape index (κ3) is 2.33. The largest absolute Gasteiger partial charge is 0.395 e. The summed E-state index contributed by atoms with van der Waals surface area (Å²) in [5, 5.41) is 9.28. The molecule has 0 radical (unpaired) electrons. The predicted molar refractivity (Wildman–Crippen MR) is 56.9 cm³/mol. The molecule has 14 heavy (non-hydrogen) atoms. The second kappa shape index (κ2) is 4.57. The standard InChI is InChI=1S/C9H14ClN3O/c1-6-8(10)11-7(2)12-9(6)13(3)4-5-14/h14H,4-5H2,1-3H3. The second-order valence-electron chi connectivity index (χ2n) is 3.16. The Kier molecular flexibility index (Phi) is 3.66. The second-order valence-corrected chi connectivity index (χ2v) is 3.51. The molecule has 0 aliphatic carbocycles. The van der Waals surface area contributed by atoms with Crippen molar-refractivity contribution in [1.82, 2.24) is 9.97 Å². The van der Waals surface area contributed by atoms with Gasteiger partial charge in [-0.15, -0.1) is 0 Å². The molecule has 0 saturated carbocycles. The highest BCUT2D eigenvalue weighted by atomic mass is 35.5. The van der Waals surface area contributed by atoms with Crippen LogP contribution in [0.1, 0.15) is 11.4 Å². The first-order chi connectivity index (χ1) is 6.56. The van der Waals surface area contributed by atoms with Crippen molar-refractivity contribution in [3.63, 3.8) is 0 Å². The third-order valence-corrected chi connectivity index (χ3v) is 2.34. The van der Waals surface area contributed by atoms with E-state index in [0.29, 0.717) is 17.5 Å². The summed E-state index contributed by atoms with van der Waals surface area (Å²) < 4.78 is 0. The molecule has 0 spiro atoms. The number of aromatic nitrogens is 2. The van der Waals surface area contributed by atoms with Gasteiger partial charge in [-0.25, -0.2) is 9.97 Å². The van der Waals surface area contributed by atoms with Crippen molar-refractivity contribution in [3.8, 4) is 0 Å². The van der Waals surface area contributed by atoms with Gasteiger partial charge in [0.1, 0.15) is 16.8 Å². The van der Waals surface area contributed by atoms with Crippen LogP contribution in [0.4, 0.5) is 5.82 Å². The SMILES string of the molecule is Cc1nc(Cl)c(C)c(N(C)CCO)n1. The molecule has 1 aromatic rings. The van der Waals surface area contributed by atoms with E-state index in [1.54, 1.807) is 6.92 Å². The fraction of sp³-hybridized carbons (Fsp3) is 0.556. The Morgan fingerprint density at radius 2 is 2.00 bits per heavy atom. The summed E-state index contributed by atoms with van der Waals surface area (Å²) in [5.74, 6) is 1.41. The quantitative estimate of drug-likeness (QED) is 0.770. The molecule has 1 N–H and O–H groups in total. The van der Waals surface area contributed by atoms with E-state index in [1.165, 1.54) is 0 Å². The number of aliphatic hydroxyl groups excluding tert-OH is 1. The first-order valence-corrected chi connectivity index (χ1v) is 4.76. The Balaban J connectivity index is 3.07. The predicted octanol–water partition coefficient (Wildman–Crippen LogP) is 1.18. The van der Waals surface area contributed by atoms with Gasteiger partial charge in [-0.2, -0.15) is 0 Å². The Labute approximate surface area is 88.6 Å². The zero-order valence-corrected chi connectivity index (χ0v) is 9.34. The Morgan fingerprint density at radius 3 is 2.57 bits per heavy atom. The number of nitrogens with zero attached hydrogens (tertiary/aromatic N) is 3. The van der Waals surface area contributed by atoms with Gasteiger partial charge in [0.15, 0.2) is 0 Å². The summed E-state index contributed by atoms with van der Waals surface area (Å²) in [4.78, 5) is 10.2. The molecule has 1 heterocycles. The van der Waals surface area contributed by atoms with Crippen LogP contribution in [0.15, 0.2) is 0 Å². The Hall–Kier alpha value is -0.870. The lowest BCUT2D eigenvalue weighted by molar-refractivity contribution is 0.303. The first-order valence-electron chi connectivity index (χ1n) is 4.39. The monoisotopic (exact) mass is 215 g/mol. The number of hydrogen-bond acceptors (Lipinski definition) is 4. The van der Waals surface area contributed by atoms with Crippen molar-refractivity contribution in [2.24, 2.45) is 0 Å². The minimum atomic E-state index is 0.0939. The zero-order chi connectivity index (χ0) is 10.7. The number of halogens is 1. The van der Waals surface area contributed by atoms with Crippen molar-refractivity contribution in [2.75, 3.05) is 25.1 Å². The highest BCUT2D eigenvalue weighted by molar-refractivity contribution is 6.30. The van der Waals surface area contributed by atoms with E-state index in [-0.39, 0.29) is 6.61 Å². The van der Waals surface area contributed by atoms with Gasteiger partial charge in [0.25, 0.3) is 0 Å². The van der Waals surface area contributed by atoms with Crippen LogP contribution >= 0.6 is 11.6 Å². The normalized spacial score (nSPS) is 10.4. The maximum atomic E-state index is 8.81. The summed E-state index contributed by atoms with van der Waals surface area (Å²) in [6, 6.07) is 0. The van der Waals surface area contributed by atoms with Crippen LogP contribution < -0.4 is 4.90 Å². The van der Waals surface area contributed by atoms with Crippen LogP contribution in [0.3, 0.4) is 0 Å². The Bertz CT molecular complexity index is 330. The van der Waals surface area contributed by atoms with Gasteiger partial charge in [-0.3, -0.25) is 0 Å². The molecular weight excluding hydrogens is 202 g/mol. The lowest BCUT2D eigenvalue weighted by Crippen LogP contribution is -2.23. The highest BCUT2D eigenvalue weighted by Crippen LogP contribution is 2.21. The number of rotatable bonds is 3. The van der Waals surface area contributed by atoms with Crippen molar-refractivity contribution in [3.05, 3.63) is 16.5 Å². The number of likely N-dealkylation sites (N-methyl/N-ethyl adjacent to an activating group) is 1. The first kappa shape index (κ1) is 11.2. The van der Waals surface area contributed by atoms with Gasteiger partial charge in [0, 0.05) is 19.2 Å². The molecule has 1 rings (SSSR count). The maximum Gasteiger partial charge on any atom is 0.137 e. The highest BCUT2D eigenvalue weighted by Gasteiger charge is 2.10. The van der Waals surface area contributed by atoms with Crippen LogP contribution in [0.25, 0.3) is 0 Å². The summed E-state index contributed by atoms with van der Waals surface area (Å²) >= 11 is 5.92. The Morgan fingerprint density at radius 1 is 1.36 bits per heavy atom. The molecule has 5 heteroatoms. The van der Waals surface area contributed by atoms with E-state index >= 15 is 0 Å². The molecule has 0 atom stereocenters. The van der Waals surface area contributed by atoms with Gasteiger partial charge >= 0.3 is 0 Å². The van der Waals surface area contributed by atoms with Crippen LogP contribution in [0, 0.1) is 13.8 Å². The van der Waals surface area contributed by atoms with Crippen molar-refractivity contribution in [1.29, 1.82) is 0 Å². The molecule has 0 amide bonds. The molecule has 0 aromatic carbocycles. The van der Waals surface area contributed by atoms with Crippen LogP contribution in [0.5, 0.6) is 0 Å². The molecule has 0 bridgehead atoms. The molecule has 1 aromatic heterocycles. The maximum absolute atomic E-state index is 8.81. The molecule has 4 nitrogen and oxygen atoms in total. The molecule has 0 aliphatic heterocycles. The van der Waals surface area contributed by atoms with Crippen LogP contribution in [0.2, 0.25) is 5.15 Å². The molecule has 0 unspecified atom stereocenters. The van der Waals surface area contributed by atoms with Crippen LogP contribution in [-0.2, 0) is 0 Å². The van der Waals surface area contributed by atoms with Gasteiger partial charge in [0.05, 0.1) is 6.61 Å². The minimum Gasteiger partial charge on any atom is -0.395 e. The van der Waals surface area contributed by atoms with E-state index in [9.17, 15) is 0 Å². The smallest absolute Gasteiger partial charge is 0.137 e. The average molecular weight is 216 g/mol. The van der Waals surface area contributed by atoms with E-state index in [0.717, 1.165) is 11.4 Å². The van der Waals surface area contributed by atoms with Gasteiger partial charge < -0.3 is 10.0 Å². The summed E-state index contributed by atoms with van der Waals surface area (Å²) in [5.41, 5.74) is 0.841. The third-order valence-electron chi connectivity index (χ3n) is 1.97. The van der Waals surface area contributed by atoms with E-state index in [4.69, 9.17) is 16.7 Å². The van der Waals surface area contributed by atoms with E-state index < -0.39 is 0 Å². The van der Waals surface area contributed by atoms with Gasteiger partial charge in [-0.1, -0.05) is 11.6 Å². The lowest BCUT2D eigenvalue weighted by Gasteiger charge is -2.19. The van der Waals surface area contributed by atoms with Crippen molar-refractivity contribution >= 4 is 17.4 Å². The summed E-state index contributed by atoms with van der Waals surface area (Å²) in [7, 11) is 1.86. The molecule has 0 saturated heterocycles. The van der Waals surface area contributed by atoms with E-state index in [1.807, 2.05) is 18.9 Å². The van der Waals surface area contributed by atoms with E-state index in [2.05, 4.69) is 9.97 Å². The van der Waals surface area contributed by atoms with Crippen molar-refractivity contribution < 1.29 is 5.11 Å². The zero-order valence-electron chi connectivity index (χ0n) is 8.58. The average Bonchev–Trinajstić information content (AvgIpc) is 2.11. The number of hydrogen-bond donors (Lipinski definition) is 1. The summed E-state index contributed by atoms with van der Waals surface area (Å²) in [6.07, 6.45) is 0. The summed E-state index contributed by atoms with van der Waals surface area (Å²) in [6.45, 7) is 4.29. The molecule has 0 aliphatic rings. The number of aryl methyl sites for hydroxylation is 1. The topological polar surface area (TPSA) is 49.2 Å². The van der Waals surface area contributed by atoms with Gasteiger partial charge in [-0.05, 0) is 13.8 Å². The number of anilines is 1. The molecular formula is C9H14ClN3O. The van der Waals surface area contributed by atoms with Crippen molar-refractivity contribution in [2.45, 2.75) is 13.8 Å². The van der Waals surface area contributed by atoms with Gasteiger partial charge in [0.2, 0.25) is 0 Å². The molecule has 0 fully saturated rings. The lowest BCUT2D eigenvalue weighted by atomic mass is 10.3. The fourth-order valence-electron chi connectivity index (χ4n) is 1.21. The minimum absolute atomic E-state index is 0.0939. The number of aliphatic hydroxyl groups is 1.